The Kier molecular flexibility index (Phi) is 5.74. The van der Waals surface area contributed by atoms with Crippen LogP contribution in [0.1, 0.15) is 27.3 Å². The lowest BCUT2D eigenvalue weighted by molar-refractivity contribution is 0.0994. The fraction of sp³-hybridized carbons (Fsp3) is 0.217. The number of primary amides is 1. The third-order valence-electron chi connectivity index (χ3n) is 6.00. The minimum atomic E-state index is -1.52. The quantitative estimate of drug-likeness (QED) is 0.300. The highest BCUT2D eigenvalue weighted by Crippen LogP contribution is 2.28. The number of nitrogens with one attached hydrogen (secondary N) is 1. The summed E-state index contributed by atoms with van der Waals surface area (Å²) in [4.78, 5) is 28.2. The van der Waals surface area contributed by atoms with Crippen LogP contribution < -0.4 is 16.5 Å². The first-order valence-corrected chi connectivity index (χ1v) is 10.9. The van der Waals surface area contributed by atoms with E-state index < -0.39 is 13.0 Å². The maximum atomic E-state index is 11.8. The predicted octanol–water partition coefficient (Wildman–Crippen LogP) is 0.170. The van der Waals surface area contributed by atoms with Crippen LogP contribution in [-0.2, 0) is 19.5 Å². The molecule has 5 N–H and O–H groups in total. The van der Waals surface area contributed by atoms with Crippen molar-refractivity contribution in [2.75, 3.05) is 18.9 Å². The molecule has 0 aliphatic carbocycles. The molecule has 10 nitrogen and oxygen atoms in total. The van der Waals surface area contributed by atoms with Gasteiger partial charge in [0, 0.05) is 25.2 Å². The van der Waals surface area contributed by atoms with Gasteiger partial charge in [-0.3, -0.25) is 9.20 Å². The van der Waals surface area contributed by atoms with Crippen molar-refractivity contribution in [3.05, 3.63) is 71.3 Å². The van der Waals surface area contributed by atoms with E-state index in [9.17, 15) is 14.8 Å². The normalized spacial score (nSPS) is 13.6. The van der Waals surface area contributed by atoms with Crippen LogP contribution in [0.4, 0.5) is 5.82 Å². The number of pyridine rings is 1. The van der Waals surface area contributed by atoms with Crippen molar-refractivity contribution in [3.8, 4) is 11.5 Å². The highest BCUT2D eigenvalue weighted by molar-refractivity contribution is 6.58. The zero-order chi connectivity index (χ0) is 23.8. The smallest absolute Gasteiger partial charge is 0.423 e. The number of anilines is 1. The van der Waals surface area contributed by atoms with E-state index >= 15 is 0 Å². The van der Waals surface area contributed by atoms with E-state index in [1.165, 1.54) is 0 Å². The summed E-state index contributed by atoms with van der Waals surface area (Å²) in [5.41, 5.74) is 10.4. The number of benzene rings is 1. The molecule has 1 aliphatic rings. The van der Waals surface area contributed by atoms with Gasteiger partial charge in [-0.1, -0.05) is 30.3 Å². The number of imidazole rings is 1. The number of rotatable bonds is 6. The summed E-state index contributed by atoms with van der Waals surface area (Å²) in [5.74, 6) is 0.635. The minimum Gasteiger partial charge on any atom is -0.423 e. The largest absolute Gasteiger partial charge is 0.488 e. The first-order chi connectivity index (χ1) is 16.4. The van der Waals surface area contributed by atoms with E-state index in [1.807, 2.05) is 12.1 Å². The Morgan fingerprint density at radius 2 is 2.03 bits per heavy atom. The molecule has 1 amide bonds. The van der Waals surface area contributed by atoms with Crippen LogP contribution in [0.2, 0.25) is 0 Å². The molecule has 0 radical (unpaired) electrons. The third kappa shape index (κ3) is 4.12. The van der Waals surface area contributed by atoms with Gasteiger partial charge in [0.15, 0.2) is 5.82 Å². The molecule has 11 heteroatoms. The van der Waals surface area contributed by atoms with Crippen LogP contribution in [0.15, 0.2) is 48.8 Å². The van der Waals surface area contributed by atoms with Crippen molar-refractivity contribution in [1.82, 2.24) is 24.3 Å². The van der Waals surface area contributed by atoms with E-state index in [0.717, 1.165) is 35.6 Å². The second-order valence-electron chi connectivity index (χ2n) is 8.40. The molecule has 0 bridgehead atoms. The van der Waals surface area contributed by atoms with Crippen LogP contribution in [-0.4, -0.2) is 60.9 Å². The predicted molar refractivity (Wildman–Crippen MR) is 128 cm³/mol. The van der Waals surface area contributed by atoms with Gasteiger partial charge in [0.25, 0.3) is 5.91 Å². The number of nitrogens with zero attached hydrogens (tertiary/aromatic N) is 5. The number of amides is 1. The zero-order valence-corrected chi connectivity index (χ0v) is 18.6. The number of hydrogen-bond acceptors (Lipinski definition) is 8. The Hall–Kier alpha value is -3.80. The van der Waals surface area contributed by atoms with Gasteiger partial charge in [-0.25, -0.2) is 15.0 Å². The van der Waals surface area contributed by atoms with Crippen molar-refractivity contribution in [3.63, 3.8) is 0 Å². The first kappa shape index (κ1) is 22.0. The molecular formula is C23H24BN7O3. The first-order valence-electron chi connectivity index (χ1n) is 10.9. The molecule has 1 aliphatic heterocycles. The van der Waals surface area contributed by atoms with E-state index in [-0.39, 0.29) is 0 Å². The lowest BCUT2D eigenvalue weighted by atomic mass is 9.79. The number of carbonyl (C=O) groups is 1. The van der Waals surface area contributed by atoms with Gasteiger partial charge in [0.05, 0.1) is 11.2 Å². The SMILES string of the molecule is CN1CCc2c(nc(-c3ncn4c(C(N)=O)cccc34)nc2NCc2cccc(B(O)O)c2)C1. The number of nitrogens with two attached hydrogens (primary N) is 1. The average Bonchev–Trinajstić information content (AvgIpc) is 3.26. The van der Waals surface area contributed by atoms with E-state index in [1.54, 1.807) is 41.1 Å². The van der Waals surface area contributed by atoms with Crippen LogP contribution >= 0.6 is 0 Å². The van der Waals surface area contributed by atoms with Crippen LogP contribution in [0, 0.1) is 0 Å². The molecule has 0 saturated heterocycles. The lowest BCUT2D eigenvalue weighted by Crippen LogP contribution is -2.30. The standard InChI is InChI=1S/C23H24BN7O3/c1-30-9-8-16-17(12-30)28-23(20-18-6-3-7-19(21(25)32)31(18)13-27-20)29-22(16)26-11-14-4-2-5-15(10-14)24(33)34/h2-7,10,13,33-34H,8-9,11-12H2,1H3,(H2,25,32)(H,26,28,29). The molecule has 4 aromatic rings. The van der Waals surface area contributed by atoms with Crippen molar-refractivity contribution < 1.29 is 14.8 Å². The molecule has 0 saturated carbocycles. The molecule has 3 aromatic heterocycles. The molecule has 1 aromatic carbocycles. The lowest BCUT2D eigenvalue weighted by Gasteiger charge is -2.26. The Labute approximate surface area is 196 Å². The van der Waals surface area contributed by atoms with E-state index in [0.29, 0.717) is 41.3 Å². The third-order valence-corrected chi connectivity index (χ3v) is 6.00. The summed E-state index contributed by atoms with van der Waals surface area (Å²) in [7, 11) is 0.530. The Bertz CT molecular complexity index is 1390. The highest BCUT2D eigenvalue weighted by Gasteiger charge is 2.23. The molecule has 172 valence electrons. The summed E-state index contributed by atoms with van der Waals surface area (Å²) in [6.07, 6.45) is 2.36. The summed E-state index contributed by atoms with van der Waals surface area (Å²) in [6.45, 7) is 2.03. The molecular weight excluding hydrogens is 433 g/mol. The Morgan fingerprint density at radius 1 is 1.21 bits per heavy atom. The molecule has 4 heterocycles. The maximum absolute atomic E-state index is 11.8. The summed E-state index contributed by atoms with van der Waals surface area (Å²) in [6, 6.07) is 12.4. The fourth-order valence-electron chi connectivity index (χ4n) is 4.26. The number of likely N-dealkylation sites (N-methyl/N-ethyl adjacent to an activating group) is 1. The summed E-state index contributed by atoms with van der Waals surface area (Å²) < 4.78 is 1.64. The average molecular weight is 457 g/mol. The minimum absolute atomic E-state index is 0.332. The number of aromatic nitrogens is 4. The van der Waals surface area contributed by atoms with Gasteiger partial charge in [0.1, 0.15) is 23.5 Å². The topological polar surface area (TPSA) is 142 Å². The van der Waals surface area contributed by atoms with Crippen molar-refractivity contribution in [1.29, 1.82) is 0 Å². The number of carbonyl (C=O) groups excluding carboxylic acids is 1. The monoisotopic (exact) mass is 457 g/mol. The van der Waals surface area contributed by atoms with Gasteiger partial charge in [0.2, 0.25) is 0 Å². The van der Waals surface area contributed by atoms with E-state index in [2.05, 4.69) is 22.2 Å². The molecule has 0 spiro atoms. The Morgan fingerprint density at radius 3 is 2.82 bits per heavy atom. The fourth-order valence-corrected chi connectivity index (χ4v) is 4.26. The second-order valence-corrected chi connectivity index (χ2v) is 8.40. The van der Waals surface area contributed by atoms with Crippen molar-refractivity contribution in [2.45, 2.75) is 19.5 Å². The van der Waals surface area contributed by atoms with Crippen LogP contribution in [0.5, 0.6) is 0 Å². The summed E-state index contributed by atoms with van der Waals surface area (Å²) >= 11 is 0. The van der Waals surface area contributed by atoms with Gasteiger partial charge in [-0.05, 0) is 36.6 Å². The van der Waals surface area contributed by atoms with E-state index in [4.69, 9.17) is 15.7 Å². The van der Waals surface area contributed by atoms with Gasteiger partial charge in [-0.15, -0.1) is 0 Å². The molecule has 5 rings (SSSR count). The van der Waals surface area contributed by atoms with Crippen molar-refractivity contribution >= 4 is 29.8 Å². The van der Waals surface area contributed by atoms with Crippen molar-refractivity contribution in [2.24, 2.45) is 5.73 Å². The van der Waals surface area contributed by atoms with Gasteiger partial charge >= 0.3 is 7.12 Å². The van der Waals surface area contributed by atoms with Crippen LogP contribution in [0.25, 0.3) is 17.0 Å². The second kappa shape index (κ2) is 8.86. The molecule has 0 fully saturated rings. The number of fused-ring (bicyclic) bond motifs is 2. The molecule has 34 heavy (non-hydrogen) atoms. The van der Waals surface area contributed by atoms with Gasteiger partial charge < -0.3 is 26.0 Å². The van der Waals surface area contributed by atoms with Crippen LogP contribution in [0.3, 0.4) is 0 Å². The zero-order valence-electron chi connectivity index (χ0n) is 18.6. The molecule has 0 atom stereocenters. The maximum Gasteiger partial charge on any atom is 0.488 e. The highest BCUT2D eigenvalue weighted by atomic mass is 16.4. The number of hydrogen-bond donors (Lipinski definition) is 4. The molecule has 0 unspecified atom stereocenters. The Balaban J connectivity index is 1.55. The summed E-state index contributed by atoms with van der Waals surface area (Å²) in [5, 5.41) is 22.4. The van der Waals surface area contributed by atoms with Gasteiger partial charge in [-0.2, -0.15) is 0 Å².